The number of aromatic nitrogens is 3. The Labute approximate surface area is 193 Å². The van der Waals surface area contributed by atoms with Crippen molar-refractivity contribution < 1.29 is 14.6 Å². The van der Waals surface area contributed by atoms with Gasteiger partial charge in [0.25, 0.3) is 0 Å². The molecule has 1 aliphatic heterocycles. The maximum absolute atomic E-state index is 8.78. The van der Waals surface area contributed by atoms with Crippen molar-refractivity contribution in [2.45, 2.75) is 25.9 Å². The standard InChI is InChI=1S/C18H18ClN5O.C5H10O2/c1-11-4-5-12(24(2)17-6-7-21-18(23-17)25-3)8-13(11)14-9-16(20)22-10-15(14)19;6-5-2-1-3-7-4-5/h4-10H,1-3H3,(H2,20,22);5-6H,1-4H2. The highest BCUT2D eigenvalue weighted by molar-refractivity contribution is 6.33. The lowest BCUT2D eigenvalue weighted by atomic mass is 10.00. The molecule has 3 heterocycles. The minimum atomic E-state index is -0.186. The summed E-state index contributed by atoms with van der Waals surface area (Å²) in [6.07, 6.45) is 4.97. The van der Waals surface area contributed by atoms with E-state index in [4.69, 9.17) is 31.9 Å². The summed E-state index contributed by atoms with van der Waals surface area (Å²) in [5.41, 5.74) is 9.70. The van der Waals surface area contributed by atoms with Crippen LogP contribution >= 0.6 is 11.6 Å². The van der Waals surface area contributed by atoms with Crippen LogP contribution in [0.4, 0.5) is 17.3 Å². The number of benzene rings is 1. The third kappa shape index (κ3) is 6.06. The van der Waals surface area contributed by atoms with Crippen LogP contribution in [0.1, 0.15) is 18.4 Å². The first-order valence-electron chi connectivity index (χ1n) is 10.3. The molecule has 0 bridgehead atoms. The number of rotatable bonds is 4. The molecule has 1 atom stereocenters. The molecule has 0 saturated carbocycles. The number of nitrogen functional groups attached to an aromatic ring is 1. The molecule has 1 saturated heterocycles. The van der Waals surface area contributed by atoms with Gasteiger partial charge in [-0.2, -0.15) is 4.98 Å². The van der Waals surface area contributed by atoms with E-state index in [0.29, 0.717) is 23.5 Å². The molecule has 0 spiro atoms. The smallest absolute Gasteiger partial charge is 0.318 e. The van der Waals surface area contributed by atoms with Gasteiger partial charge in [-0.3, -0.25) is 0 Å². The molecule has 0 aliphatic carbocycles. The molecule has 2 aromatic heterocycles. The molecule has 4 rings (SSSR count). The second-order valence-corrected chi connectivity index (χ2v) is 7.83. The second kappa shape index (κ2) is 11.1. The van der Waals surface area contributed by atoms with Crippen LogP contribution in [0, 0.1) is 6.92 Å². The summed E-state index contributed by atoms with van der Waals surface area (Å²) in [7, 11) is 3.47. The van der Waals surface area contributed by atoms with Gasteiger partial charge in [0, 0.05) is 37.3 Å². The lowest BCUT2D eigenvalue weighted by molar-refractivity contribution is -0.00535. The fraction of sp³-hybridized carbons (Fsp3) is 0.348. The topological polar surface area (TPSA) is 107 Å². The van der Waals surface area contributed by atoms with E-state index in [-0.39, 0.29) is 6.10 Å². The van der Waals surface area contributed by atoms with Gasteiger partial charge in [0.15, 0.2) is 0 Å². The predicted octanol–water partition coefficient (Wildman–Crippen LogP) is 4.02. The van der Waals surface area contributed by atoms with Crippen molar-refractivity contribution >= 4 is 28.9 Å². The van der Waals surface area contributed by atoms with Gasteiger partial charge in [-0.15, -0.1) is 0 Å². The van der Waals surface area contributed by atoms with E-state index in [1.807, 2.05) is 43.1 Å². The van der Waals surface area contributed by atoms with Crippen LogP contribution in [0.3, 0.4) is 0 Å². The van der Waals surface area contributed by atoms with Crippen LogP contribution in [0.25, 0.3) is 11.1 Å². The molecule has 0 amide bonds. The first-order chi connectivity index (χ1) is 15.4. The van der Waals surface area contributed by atoms with Crippen molar-refractivity contribution in [2.75, 3.05) is 38.0 Å². The lowest BCUT2D eigenvalue weighted by Crippen LogP contribution is -2.21. The SMILES string of the molecule is COc1nccc(N(C)c2ccc(C)c(-c3cc(N)ncc3Cl)c2)n1.OC1CCCOC1. The highest BCUT2D eigenvalue weighted by Gasteiger charge is 2.13. The molecule has 3 N–H and O–H groups in total. The van der Waals surface area contributed by atoms with Gasteiger partial charge < -0.3 is 25.2 Å². The maximum atomic E-state index is 8.78. The number of hydrogen-bond donors (Lipinski definition) is 2. The summed E-state index contributed by atoms with van der Waals surface area (Å²) in [5, 5.41) is 9.34. The van der Waals surface area contributed by atoms with Gasteiger partial charge >= 0.3 is 6.01 Å². The third-order valence-corrected chi connectivity index (χ3v) is 5.36. The van der Waals surface area contributed by atoms with E-state index in [2.05, 4.69) is 15.0 Å². The molecular formula is C23H28ClN5O3. The van der Waals surface area contributed by atoms with E-state index in [1.165, 1.54) is 0 Å². The van der Waals surface area contributed by atoms with E-state index < -0.39 is 0 Å². The maximum Gasteiger partial charge on any atom is 0.318 e. The summed E-state index contributed by atoms with van der Waals surface area (Å²) < 4.78 is 10.0. The van der Waals surface area contributed by atoms with Crippen molar-refractivity contribution in [3.63, 3.8) is 0 Å². The first kappa shape index (κ1) is 23.7. The molecule has 1 fully saturated rings. The number of nitrogens with two attached hydrogens (primary N) is 1. The summed E-state index contributed by atoms with van der Waals surface area (Å²) in [6.45, 7) is 3.40. The molecule has 32 heavy (non-hydrogen) atoms. The van der Waals surface area contributed by atoms with Crippen molar-refractivity contribution in [3.05, 3.63) is 53.3 Å². The molecule has 0 radical (unpaired) electrons. The van der Waals surface area contributed by atoms with E-state index in [0.717, 1.165) is 47.6 Å². The molecule has 170 valence electrons. The van der Waals surface area contributed by atoms with Gasteiger partial charge in [-0.05, 0) is 55.2 Å². The number of anilines is 3. The average molecular weight is 458 g/mol. The minimum Gasteiger partial charge on any atom is -0.467 e. The number of methoxy groups -OCH3 is 1. The normalized spacial score (nSPS) is 15.5. The molecule has 1 unspecified atom stereocenters. The molecule has 8 nitrogen and oxygen atoms in total. The van der Waals surface area contributed by atoms with Crippen LogP contribution in [0.5, 0.6) is 6.01 Å². The average Bonchev–Trinajstić information content (AvgIpc) is 2.81. The van der Waals surface area contributed by atoms with Gasteiger partial charge in [0.2, 0.25) is 0 Å². The highest BCUT2D eigenvalue weighted by atomic mass is 35.5. The van der Waals surface area contributed by atoms with Crippen LogP contribution in [0.2, 0.25) is 5.02 Å². The summed E-state index contributed by atoms with van der Waals surface area (Å²) in [5.74, 6) is 1.15. The van der Waals surface area contributed by atoms with Gasteiger partial charge in [0.1, 0.15) is 11.6 Å². The monoisotopic (exact) mass is 457 g/mol. The fourth-order valence-electron chi connectivity index (χ4n) is 3.24. The number of hydrogen-bond acceptors (Lipinski definition) is 8. The molecule has 1 aliphatic rings. The number of aryl methyl sites for hydroxylation is 1. The van der Waals surface area contributed by atoms with Crippen molar-refractivity contribution in [1.82, 2.24) is 15.0 Å². The number of aliphatic hydroxyl groups is 1. The molecule has 9 heteroatoms. The zero-order chi connectivity index (χ0) is 23.1. The lowest BCUT2D eigenvalue weighted by Gasteiger charge is -2.20. The number of aliphatic hydroxyl groups excluding tert-OH is 1. The van der Waals surface area contributed by atoms with Crippen LogP contribution in [-0.2, 0) is 4.74 Å². The van der Waals surface area contributed by atoms with Crippen molar-refractivity contribution in [1.29, 1.82) is 0 Å². The fourth-order valence-corrected chi connectivity index (χ4v) is 3.45. The summed E-state index contributed by atoms with van der Waals surface area (Å²) >= 11 is 6.32. The predicted molar refractivity (Wildman–Crippen MR) is 127 cm³/mol. The van der Waals surface area contributed by atoms with Gasteiger partial charge in [-0.25, -0.2) is 9.97 Å². The number of halogens is 1. The Balaban J connectivity index is 0.000000352. The van der Waals surface area contributed by atoms with Crippen LogP contribution in [0.15, 0.2) is 42.7 Å². The van der Waals surface area contributed by atoms with E-state index in [9.17, 15) is 0 Å². The Morgan fingerprint density at radius 2 is 2.03 bits per heavy atom. The number of ether oxygens (including phenoxy) is 2. The van der Waals surface area contributed by atoms with Crippen molar-refractivity contribution in [2.24, 2.45) is 0 Å². The van der Waals surface area contributed by atoms with Gasteiger partial charge in [-0.1, -0.05) is 17.7 Å². The minimum absolute atomic E-state index is 0.186. The first-order valence-corrected chi connectivity index (χ1v) is 10.7. The Morgan fingerprint density at radius 1 is 1.22 bits per heavy atom. The number of nitrogens with zero attached hydrogens (tertiary/aromatic N) is 4. The zero-order valence-electron chi connectivity index (χ0n) is 18.5. The molecule has 3 aromatic rings. The third-order valence-electron chi connectivity index (χ3n) is 5.06. The quantitative estimate of drug-likeness (QED) is 0.605. The Kier molecular flexibility index (Phi) is 8.21. The van der Waals surface area contributed by atoms with Gasteiger partial charge in [0.05, 0.1) is 24.8 Å². The molecule has 1 aromatic carbocycles. The van der Waals surface area contributed by atoms with Crippen LogP contribution in [-0.4, -0.2) is 53.5 Å². The van der Waals surface area contributed by atoms with Crippen molar-refractivity contribution in [3.8, 4) is 17.1 Å². The Morgan fingerprint density at radius 3 is 2.69 bits per heavy atom. The zero-order valence-corrected chi connectivity index (χ0v) is 19.2. The summed E-state index contributed by atoms with van der Waals surface area (Å²) in [6, 6.07) is 10.0. The van der Waals surface area contributed by atoms with E-state index >= 15 is 0 Å². The summed E-state index contributed by atoms with van der Waals surface area (Å²) in [4.78, 5) is 14.4. The largest absolute Gasteiger partial charge is 0.467 e. The Hall–Kier alpha value is -2.94. The number of pyridine rings is 1. The Bertz CT molecular complexity index is 1040. The second-order valence-electron chi connectivity index (χ2n) is 7.42. The van der Waals surface area contributed by atoms with Crippen LogP contribution < -0.4 is 15.4 Å². The van der Waals surface area contributed by atoms with E-state index in [1.54, 1.807) is 25.6 Å². The highest BCUT2D eigenvalue weighted by Crippen LogP contribution is 2.34. The molecular weight excluding hydrogens is 430 g/mol.